The van der Waals surface area contributed by atoms with E-state index in [-0.39, 0.29) is 5.91 Å². The molecular formula is C18H27NO3. The van der Waals surface area contributed by atoms with E-state index in [0.29, 0.717) is 18.9 Å². The second kappa shape index (κ2) is 8.66. The van der Waals surface area contributed by atoms with E-state index in [4.69, 9.17) is 9.47 Å². The van der Waals surface area contributed by atoms with Crippen LogP contribution in [0.1, 0.15) is 44.1 Å². The average Bonchev–Trinajstić information content (AvgIpc) is 2.55. The van der Waals surface area contributed by atoms with Gasteiger partial charge in [0.15, 0.2) is 11.5 Å². The number of carbonyl (C=O) groups excluding carboxylic acids is 1. The molecule has 0 heterocycles. The lowest BCUT2D eigenvalue weighted by molar-refractivity contribution is -0.122. The first-order valence-corrected chi connectivity index (χ1v) is 8.20. The molecule has 122 valence electrons. The second-order valence-electron chi connectivity index (χ2n) is 6.00. The first-order chi connectivity index (χ1) is 10.7. The number of carbonyl (C=O) groups is 1. The highest BCUT2D eigenvalue weighted by Crippen LogP contribution is 2.28. The standard InChI is InChI=1S/C18H27NO3/c1-21-16-9-8-15(12-17(16)22-2)10-11-19-18(20)13-14-6-4-3-5-7-14/h8-9,12,14H,3-7,10-11,13H2,1-2H3,(H,19,20). The third-order valence-corrected chi connectivity index (χ3v) is 4.38. The highest BCUT2D eigenvalue weighted by atomic mass is 16.5. The Bertz CT molecular complexity index is 481. The predicted molar refractivity (Wildman–Crippen MR) is 87.5 cm³/mol. The third kappa shape index (κ3) is 4.93. The van der Waals surface area contributed by atoms with E-state index in [1.165, 1.54) is 32.1 Å². The SMILES string of the molecule is COc1ccc(CCNC(=O)CC2CCCCC2)cc1OC. The van der Waals surface area contributed by atoms with Crippen LogP contribution in [0.5, 0.6) is 11.5 Å². The van der Waals surface area contributed by atoms with E-state index in [0.717, 1.165) is 23.5 Å². The molecule has 4 heteroatoms. The van der Waals surface area contributed by atoms with Gasteiger partial charge in [-0.05, 0) is 42.9 Å². The van der Waals surface area contributed by atoms with Gasteiger partial charge in [0, 0.05) is 13.0 Å². The maximum absolute atomic E-state index is 12.0. The molecule has 1 N–H and O–H groups in total. The number of hydrogen-bond donors (Lipinski definition) is 1. The Labute approximate surface area is 133 Å². The van der Waals surface area contributed by atoms with E-state index < -0.39 is 0 Å². The minimum Gasteiger partial charge on any atom is -0.493 e. The molecule has 0 saturated heterocycles. The van der Waals surface area contributed by atoms with Gasteiger partial charge in [-0.15, -0.1) is 0 Å². The first kappa shape index (κ1) is 16.7. The predicted octanol–water partition coefficient (Wildman–Crippen LogP) is 3.33. The monoisotopic (exact) mass is 305 g/mol. The van der Waals surface area contributed by atoms with Crippen LogP contribution < -0.4 is 14.8 Å². The summed E-state index contributed by atoms with van der Waals surface area (Å²) in [5.41, 5.74) is 1.13. The largest absolute Gasteiger partial charge is 0.493 e. The van der Waals surface area contributed by atoms with Crippen LogP contribution >= 0.6 is 0 Å². The van der Waals surface area contributed by atoms with Crippen molar-refractivity contribution >= 4 is 5.91 Å². The zero-order valence-corrected chi connectivity index (χ0v) is 13.7. The molecule has 0 bridgehead atoms. The van der Waals surface area contributed by atoms with E-state index in [9.17, 15) is 4.79 Å². The van der Waals surface area contributed by atoms with Crippen molar-refractivity contribution in [2.45, 2.75) is 44.9 Å². The van der Waals surface area contributed by atoms with Gasteiger partial charge >= 0.3 is 0 Å². The van der Waals surface area contributed by atoms with Crippen LogP contribution in [-0.4, -0.2) is 26.7 Å². The minimum atomic E-state index is 0.187. The molecule has 1 aliphatic carbocycles. The summed E-state index contributed by atoms with van der Waals surface area (Å²) in [5.74, 6) is 2.24. The van der Waals surface area contributed by atoms with Crippen LogP contribution in [0.25, 0.3) is 0 Å². The highest BCUT2D eigenvalue weighted by Gasteiger charge is 2.16. The Balaban J connectivity index is 1.74. The van der Waals surface area contributed by atoms with Crippen molar-refractivity contribution in [3.05, 3.63) is 23.8 Å². The number of benzene rings is 1. The van der Waals surface area contributed by atoms with E-state index in [1.54, 1.807) is 14.2 Å². The maximum Gasteiger partial charge on any atom is 0.220 e. The molecule has 0 radical (unpaired) electrons. The van der Waals surface area contributed by atoms with Crippen molar-refractivity contribution in [1.82, 2.24) is 5.32 Å². The molecule has 0 unspecified atom stereocenters. The number of amides is 1. The molecule has 1 fully saturated rings. The number of methoxy groups -OCH3 is 2. The molecule has 0 aromatic heterocycles. The van der Waals surface area contributed by atoms with Crippen molar-refractivity contribution < 1.29 is 14.3 Å². The Morgan fingerprint density at radius 1 is 1.14 bits per heavy atom. The first-order valence-electron chi connectivity index (χ1n) is 8.20. The Morgan fingerprint density at radius 3 is 2.55 bits per heavy atom. The van der Waals surface area contributed by atoms with E-state index in [1.807, 2.05) is 18.2 Å². The fraction of sp³-hybridized carbons (Fsp3) is 0.611. The van der Waals surface area contributed by atoms with Gasteiger partial charge in [-0.1, -0.05) is 25.3 Å². The highest BCUT2D eigenvalue weighted by molar-refractivity contribution is 5.76. The van der Waals surface area contributed by atoms with Crippen molar-refractivity contribution in [2.24, 2.45) is 5.92 Å². The quantitative estimate of drug-likeness (QED) is 0.840. The van der Waals surface area contributed by atoms with Gasteiger partial charge in [-0.25, -0.2) is 0 Å². The molecule has 1 saturated carbocycles. The lowest BCUT2D eigenvalue weighted by Gasteiger charge is -2.20. The molecule has 0 aliphatic heterocycles. The van der Waals surface area contributed by atoms with Crippen LogP contribution in [0, 0.1) is 5.92 Å². The van der Waals surface area contributed by atoms with Gasteiger partial charge in [0.05, 0.1) is 14.2 Å². The summed E-state index contributed by atoms with van der Waals surface area (Å²) in [7, 11) is 3.26. The van der Waals surface area contributed by atoms with Crippen molar-refractivity contribution in [2.75, 3.05) is 20.8 Å². The lowest BCUT2D eigenvalue weighted by Crippen LogP contribution is -2.28. The molecule has 1 aromatic rings. The summed E-state index contributed by atoms with van der Waals surface area (Å²) >= 11 is 0. The van der Waals surface area contributed by atoms with Gasteiger partial charge < -0.3 is 14.8 Å². The van der Waals surface area contributed by atoms with Crippen molar-refractivity contribution in [3.8, 4) is 11.5 Å². The van der Waals surface area contributed by atoms with Gasteiger partial charge in [0.2, 0.25) is 5.91 Å². The molecule has 1 aromatic carbocycles. The fourth-order valence-electron chi connectivity index (χ4n) is 3.11. The average molecular weight is 305 g/mol. The molecule has 4 nitrogen and oxygen atoms in total. The van der Waals surface area contributed by atoms with Gasteiger partial charge in [0.25, 0.3) is 0 Å². The minimum absolute atomic E-state index is 0.187. The van der Waals surface area contributed by atoms with Crippen LogP contribution in [0.15, 0.2) is 18.2 Å². The Hall–Kier alpha value is -1.71. The summed E-state index contributed by atoms with van der Waals surface area (Å²) in [6.07, 6.45) is 7.81. The zero-order valence-electron chi connectivity index (χ0n) is 13.7. The number of ether oxygens (including phenoxy) is 2. The van der Waals surface area contributed by atoms with Crippen LogP contribution in [-0.2, 0) is 11.2 Å². The van der Waals surface area contributed by atoms with E-state index >= 15 is 0 Å². The smallest absolute Gasteiger partial charge is 0.220 e. The van der Waals surface area contributed by atoms with Crippen LogP contribution in [0.3, 0.4) is 0 Å². The Kier molecular flexibility index (Phi) is 6.56. The normalized spacial score (nSPS) is 15.4. The molecule has 1 amide bonds. The van der Waals surface area contributed by atoms with E-state index in [2.05, 4.69) is 5.32 Å². The summed E-state index contributed by atoms with van der Waals surface area (Å²) < 4.78 is 10.5. The Morgan fingerprint density at radius 2 is 1.86 bits per heavy atom. The van der Waals surface area contributed by atoms with Gasteiger partial charge in [-0.2, -0.15) is 0 Å². The summed E-state index contributed by atoms with van der Waals surface area (Å²) in [5, 5.41) is 3.03. The fourth-order valence-corrected chi connectivity index (χ4v) is 3.11. The summed E-state index contributed by atoms with van der Waals surface area (Å²) in [6.45, 7) is 0.668. The van der Waals surface area contributed by atoms with Crippen LogP contribution in [0.2, 0.25) is 0 Å². The molecule has 2 rings (SSSR count). The second-order valence-corrected chi connectivity index (χ2v) is 6.00. The summed E-state index contributed by atoms with van der Waals surface area (Å²) in [4.78, 5) is 12.0. The number of hydrogen-bond acceptors (Lipinski definition) is 3. The molecule has 22 heavy (non-hydrogen) atoms. The number of rotatable bonds is 7. The number of nitrogens with one attached hydrogen (secondary N) is 1. The topological polar surface area (TPSA) is 47.6 Å². The molecular weight excluding hydrogens is 278 g/mol. The third-order valence-electron chi connectivity index (χ3n) is 4.38. The van der Waals surface area contributed by atoms with Gasteiger partial charge in [0.1, 0.15) is 0 Å². The molecule has 0 spiro atoms. The lowest BCUT2D eigenvalue weighted by atomic mass is 9.87. The molecule has 1 aliphatic rings. The van der Waals surface area contributed by atoms with Crippen molar-refractivity contribution in [3.63, 3.8) is 0 Å². The molecule has 0 atom stereocenters. The van der Waals surface area contributed by atoms with Gasteiger partial charge in [-0.3, -0.25) is 4.79 Å². The summed E-state index contributed by atoms with van der Waals surface area (Å²) in [6, 6.07) is 5.87. The maximum atomic E-state index is 12.0. The zero-order chi connectivity index (χ0) is 15.8. The van der Waals surface area contributed by atoms with Crippen LogP contribution in [0.4, 0.5) is 0 Å². The van der Waals surface area contributed by atoms with Crippen molar-refractivity contribution in [1.29, 1.82) is 0 Å².